The van der Waals surface area contributed by atoms with Crippen LogP contribution in [-0.4, -0.2) is 12.2 Å². The van der Waals surface area contributed by atoms with E-state index in [4.69, 9.17) is 4.74 Å². The molecule has 2 nitrogen and oxygen atoms in total. The van der Waals surface area contributed by atoms with E-state index in [1.807, 2.05) is 29.6 Å². The quantitative estimate of drug-likeness (QED) is 0.785. The zero-order valence-electron chi connectivity index (χ0n) is 10.8. The van der Waals surface area contributed by atoms with Crippen LogP contribution in [0.2, 0.25) is 0 Å². The average molecular weight is 288 g/mol. The van der Waals surface area contributed by atoms with Crippen LogP contribution in [0.5, 0.6) is 5.75 Å². The van der Waals surface area contributed by atoms with E-state index in [0.717, 1.165) is 15.6 Å². The van der Waals surface area contributed by atoms with Gasteiger partial charge in [0.05, 0.1) is 7.11 Å². The summed E-state index contributed by atoms with van der Waals surface area (Å²) in [6.07, 6.45) is -0.799. The van der Waals surface area contributed by atoms with Gasteiger partial charge < -0.3 is 9.84 Å². The summed E-state index contributed by atoms with van der Waals surface area (Å²) in [6.45, 7) is 0. The lowest BCUT2D eigenvalue weighted by Gasteiger charge is -2.14. The first-order chi connectivity index (χ1) is 9.70. The third-order valence-electron chi connectivity index (χ3n) is 3.29. The van der Waals surface area contributed by atoms with Crippen molar-refractivity contribution >= 4 is 21.4 Å². The molecule has 20 heavy (non-hydrogen) atoms. The first-order valence-electron chi connectivity index (χ1n) is 6.18. The average Bonchev–Trinajstić information content (AvgIpc) is 2.95. The number of methoxy groups -OCH3 is 1. The van der Waals surface area contributed by atoms with Gasteiger partial charge in [-0.2, -0.15) is 0 Å². The molecular formula is C16H13FO2S. The van der Waals surface area contributed by atoms with Crippen LogP contribution in [0.3, 0.4) is 0 Å². The van der Waals surface area contributed by atoms with Crippen LogP contribution in [0.15, 0.2) is 47.8 Å². The van der Waals surface area contributed by atoms with Crippen molar-refractivity contribution in [3.05, 3.63) is 64.8 Å². The third kappa shape index (κ3) is 2.17. The smallest absolute Gasteiger partial charge is 0.165 e. The van der Waals surface area contributed by atoms with Gasteiger partial charge in [0.2, 0.25) is 0 Å². The number of rotatable bonds is 3. The van der Waals surface area contributed by atoms with Crippen LogP contribution in [0.25, 0.3) is 10.1 Å². The minimum Gasteiger partial charge on any atom is -0.494 e. The Bertz CT molecular complexity index is 751. The minimum atomic E-state index is -0.799. The Hall–Kier alpha value is -1.91. The molecule has 1 N–H and O–H groups in total. The summed E-state index contributed by atoms with van der Waals surface area (Å²) in [5.74, 6) is -0.294. The number of halogens is 1. The van der Waals surface area contributed by atoms with Gasteiger partial charge in [0.25, 0.3) is 0 Å². The maximum atomic E-state index is 13.4. The van der Waals surface area contributed by atoms with Crippen molar-refractivity contribution in [1.29, 1.82) is 0 Å². The van der Waals surface area contributed by atoms with E-state index >= 15 is 0 Å². The van der Waals surface area contributed by atoms with Gasteiger partial charge in [-0.3, -0.25) is 0 Å². The summed E-state index contributed by atoms with van der Waals surface area (Å²) >= 11 is 1.58. The second-order valence-electron chi connectivity index (χ2n) is 4.48. The first kappa shape index (κ1) is 13.1. The molecule has 102 valence electrons. The Morgan fingerprint density at radius 1 is 1.20 bits per heavy atom. The molecule has 0 aliphatic carbocycles. The molecule has 0 aliphatic heterocycles. The van der Waals surface area contributed by atoms with Crippen LogP contribution >= 0.6 is 11.3 Å². The third-order valence-corrected chi connectivity index (χ3v) is 4.27. The highest BCUT2D eigenvalue weighted by atomic mass is 32.1. The number of hydrogen-bond acceptors (Lipinski definition) is 3. The summed E-state index contributed by atoms with van der Waals surface area (Å²) in [4.78, 5) is 0. The molecule has 0 radical (unpaired) electrons. The van der Waals surface area contributed by atoms with Crippen LogP contribution < -0.4 is 4.74 Å². The van der Waals surface area contributed by atoms with Gasteiger partial charge in [0.1, 0.15) is 6.10 Å². The van der Waals surface area contributed by atoms with Crippen molar-refractivity contribution in [2.75, 3.05) is 7.11 Å². The summed E-state index contributed by atoms with van der Waals surface area (Å²) in [7, 11) is 1.41. The van der Waals surface area contributed by atoms with Gasteiger partial charge in [-0.1, -0.05) is 24.3 Å². The molecule has 3 rings (SSSR count). The normalized spacial score (nSPS) is 12.6. The van der Waals surface area contributed by atoms with Gasteiger partial charge >= 0.3 is 0 Å². The number of aliphatic hydroxyl groups is 1. The number of hydrogen-bond donors (Lipinski definition) is 1. The highest BCUT2D eigenvalue weighted by Crippen LogP contribution is 2.33. The topological polar surface area (TPSA) is 29.5 Å². The Balaban J connectivity index is 2.08. The lowest BCUT2D eigenvalue weighted by atomic mass is 10.00. The summed E-state index contributed by atoms with van der Waals surface area (Å²) in [5.41, 5.74) is 1.44. The molecule has 3 aromatic rings. The molecule has 1 aromatic heterocycles. The zero-order chi connectivity index (χ0) is 14.1. The number of ether oxygens (including phenoxy) is 1. The number of aliphatic hydroxyl groups excluding tert-OH is 1. The van der Waals surface area contributed by atoms with Crippen molar-refractivity contribution in [1.82, 2.24) is 0 Å². The monoisotopic (exact) mass is 288 g/mol. The summed E-state index contributed by atoms with van der Waals surface area (Å²) in [6, 6.07) is 12.2. The maximum absolute atomic E-state index is 13.4. The van der Waals surface area contributed by atoms with Gasteiger partial charge in [0.15, 0.2) is 11.6 Å². The molecular weight excluding hydrogens is 275 g/mol. The largest absolute Gasteiger partial charge is 0.494 e. The van der Waals surface area contributed by atoms with Crippen molar-refractivity contribution in [2.45, 2.75) is 6.10 Å². The molecule has 0 fully saturated rings. The lowest BCUT2D eigenvalue weighted by Crippen LogP contribution is -2.01. The zero-order valence-corrected chi connectivity index (χ0v) is 11.7. The van der Waals surface area contributed by atoms with Crippen molar-refractivity contribution in [2.24, 2.45) is 0 Å². The Morgan fingerprint density at radius 3 is 2.85 bits per heavy atom. The fourth-order valence-corrected chi connectivity index (χ4v) is 3.20. The molecule has 1 heterocycles. The van der Waals surface area contributed by atoms with E-state index in [1.165, 1.54) is 19.2 Å². The summed E-state index contributed by atoms with van der Waals surface area (Å²) < 4.78 is 19.4. The molecule has 0 bridgehead atoms. The predicted octanol–water partition coefficient (Wildman–Crippen LogP) is 4.13. The molecule has 0 saturated carbocycles. The molecule has 1 atom stereocenters. The fraction of sp³-hybridized carbons (Fsp3) is 0.125. The molecule has 1 unspecified atom stereocenters. The van der Waals surface area contributed by atoms with Crippen molar-refractivity contribution in [3.8, 4) is 5.75 Å². The van der Waals surface area contributed by atoms with Crippen LogP contribution in [0.1, 0.15) is 17.2 Å². The Morgan fingerprint density at radius 2 is 2.05 bits per heavy atom. The molecule has 2 aromatic carbocycles. The minimum absolute atomic E-state index is 0.139. The van der Waals surface area contributed by atoms with E-state index in [0.29, 0.717) is 5.56 Å². The number of benzene rings is 2. The van der Waals surface area contributed by atoms with E-state index in [1.54, 1.807) is 17.4 Å². The van der Waals surface area contributed by atoms with E-state index in [9.17, 15) is 9.50 Å². The van der Waals surface area contributed by atoms with Gasteiger partial charge in [-0.15, -0.1) is 11.3 Å². The second-order valence-corrected chi connectivity index (χ2v) is 5.40. The molecule has 4 heteroatoms. The molecule has 0 aliphatic rings. The molecule has 0 saturated heterocycles. The van der Waals surface area contributed by atoms with Gasteiger partial charge in [-0.05, 0) is 34.5 Å². The summed E-state index contributed by atoms with van der Waals surface area (Å²) in [5, 5.41) is 13.6. The first-order valence-corrected chi connectivity index (χ1v) is 7.06. The highest BCUT2D eigenvalue weighted by molar-refractivity contribution is 7.17. The van der Waals surface area contributed by atoms with Gasteiger partial charge in [-0.25, -0.2) is 4.39 Å². The van der Waals surface area contributed by atoms with Crippen LogP contribution in [0.4, 0.5) is 4.39 Å². The molecule has 0 amide bonds. The fourth-order valence-electron chi connectivity index (χ4n) is 2.26. The van der Waals surface area contributed by atoms with Crippen LogP contribution in [-0.2, 0) is 0 Å². The Kier molecular flexibility index (Phi) is 3.42. The van der Waals surface area contributed by atoms with E-state index < -0.39 is 11.9 Å². The van der Waals surface area contributed by atoms with E-state index in [2.05, 4.69) is 0 Å². The lowest BCUT2D eigenvalue weighted by molar-refractivity contribution is 0.221. The molecule has 0 spiro atoms. The van der Waals surface area contributed by atoms with Crippen molar-refractivity contribution < 1.29 is 14.2 Å². The maximum Gasteiger partial charge on any atom is 0.165 e. The number of fused-ring (bicyclic) bond motifs is 1. The Labute approximate surface area is 120 Å². The van der Waals surface area contributed by atoms with Crippen molar-refractivity contribution in [3.63, 3.8) is 0 Å². The van der Waals surface area contributed by atoms with Crippen LogP contribution in [0, 0.1) is 5.82 Å². The predicted molar refractivity (Wildman–Crippen MR) is 78.8 cm³/mol. The standard InChI is InChI=1S/C16H13FO2S/c1-19-14-9-11(5-6-13(14)17)15(18)12-4-2-3-10-7-8-20-16(10)12/h2-9,15,18H,1H3. The second kappa shape index (κ2) is 5.23. The van der Waals surface area contributed by atoms with Gasteiger partial charge in [0, 0.05) is 10.3 Å². The number of thiophene rings is 1. The SMILES string of the molecule is COc1cc(C(O)c2cccc3ccsc23)ccc1F. The van der Waals surface area contributed by atoms with E-state index in [-0.39, 0.29) is 5.75 Å². The highest BCUT2D eigenvalue weighted by Gasteiger charge is 2.16.